The number of hydrogen-bond donors (Lipinski definition) is 1. The quantitative estimate of drug-likeness (QED) is 0.938. The van der Waals surface area contributed by atoms with Gasteiger partial charge in [0, 0.05) is 17.5 Å². The first-order chi connectivity index (χ1) is 8.71. The van der Waals surface area contributed by atoms with Crippen molar-refractivity contribution in [3.63, 3.8) is 0 Å². The van der Waals surface area contributed by atoms with Gasteiger partial charge >= 0.3 is 0 Å². The number of halogens is 1. The van der Waals surface area contributed by atoms with E-state index in [9.17, 15) is 0 Å². The normalized spacial score (nSPS) is 16.5. The van der Waals surface area contributed by atoms with Crippen LogP contribution in [0.3, 0.4) is 0 Å². The first-order valence-corrected chi connectivity index (χ1v) is 6.35. The van der Waals surface area contributed by atoms with E-state index in [1.54, 1.807) is 0 Å². The Morgan fingerprint density at radius 1 is 1.26 bits per heavy atom. The largest absolute Gasteiger partial charge is 0.338 e. The number of nitrogens with zero attached hydrogens (tertiary/aromatic N) is 2. The van der Waals surface area contributed by atoms with Crippen molar-refractivity contribution in [3.8, 4) is 11.4 Å². The molecule has 1 heterocycles. The highest BCUT2D eigenvalue weighted by atomic mass is 35.5. The predicted molar refractivity (Wildman–Crippen MR) is 76.1 cm³/mol. The predicted octanol–water partition coefficient (Wildman–Crippen LogP) is 3.06. The minimum Gasteiger partial charge on any atom is -0.338 e. The Kier molecular flexibility index (Phi) is 3.92. The summed E-state index contributed by atoms with van der Waals surface area (Å²) < 4.78 is 5.40. The maximum Gasteiger partial charge on any atom is 0.232 e. The maximum atomic E-state index is 5.58. The van der Waals surface area contributed by atoms with Gasteiger partial charge in [-0.05, 0) is 18.4 Å². The van der Waals surface area contributed by atoms with Crippen molar-refractivity contribution in [1.82, 2.24) is 10.1 Å². The first kappa shape index (κ1) is 14.0. The molecule has 3 rings (SSSR count). The molecule has 0 radical (unpaired) electrons. The van der Waals surface area contributed by atoms with Crippen LogP contribution in [0.25, 0.3) is 11.4 Å². The van der Waals surface area contributed by atoms with E-state index in [4.69, 9.17) is 10.3 Å². The van der Waals surface area contributed by atoms with Gasteiger partial charge in [-0.2, -0.15) is 4.98 Å². The summed E-state index contributed by atoms with van der Waals surface area (Å²) in [4.78, 5) is 4.52. The van der Waals surface area contributed by atoms with Gasteiger partial charge < -0.3 is 10.3 Å². The van der Waals surface area contributed by atoms with Crippen LogP contribution >= 0.6 is 12.4 Å². The molecule has 0 unspecified atom stereocenters. The van der Waals surface area contributed by atoms with Crippen LogP contribution in [0.4, 0.5) is 0 Å². The van der Waals surface area contributed by atoms with E-state index in [1.165, 1.54) is 6.42 Å². The van der Waals surface area contributed by atoms with Crippen LogP contribution in [0.15, 0.2) is 28.8 Å². The van der Waals surface area contributed by atoms with Crippen LogP contribution in [-0.4, -0.2) is 10.1 Å². The van der Waals surface area contributed by atoms with Crippen LogP contribution in [0.5, 0.6) is 0 Å². The van der Waals surface area contributed by atoms with Crippen LogP contribution in [-0.2, 0) is 12.0 Å². The molecule has 102 valence electrons. The number of hydrogen-bond acceptors (Lipinski definition) is 4. The maximum absolute atomic E-state index is 5.58. The third-order valence-corrected chi connectivity index (χ3v) is 3.85. The van der Waals surface area contributed by atoms with E-state index >= 15 is 0 Å². The van der Waals surface area contributed by atoms with Gasteiger partial charge in [0.05, 0.1) is 0 Å². The van der Waals surface area contributed by atoms with E-state index in [0.29, 0.717) is 12.4 Å². The summed E-state index contributed by atoms with van der Waals surface area (Å²) in [7, 11) is 0. The zero-order chi connectivity index (χ0) is 12.6. The Hall–Kier alpha value is -1.39. The van der Waals surface area contributed by atoms with Gasteiger partial charge in [-0.25, -0.2) is 0 Å². The smallest absolute Gasteiger partial charge is 0.232 e. The number of benzene rings is 1. The SMILES string of the molecule is CC1(c2nc(-c3ccc(CN)cc3)no2)CCC1.Cl. The summed E-state index contributed by atoms with van der Waals surface area (Å²) in [6.07, 6.45) is 3.53. The number of rotatable bonds is 3. The Bertz CT molecular complexity index is 546. The minimum atomic E-state index is 0. The number of nitrogens with two attached hydrogens (primary N) is 1. The third-order valence-electron chi connectivity index (χ3n) is 3.85. The molecule has 0 aliphatic heterocycles. The Morgan fingerprint density at radius 3 is 2.47 bits per heavy atom. The topological polar surface area (TPSA) is 64.9 Å². The fourth-order valence-corrected chi connectivity index (χ4v) is 2.30. The lowest BCUT2D eigenvalue weighted by Gasteiger charge is -2.34. The fraction of sp³-hybridized carbons (Fsp3) is 0.429. The molecule has 1 aromatic heterocycles. The van der Waals surface area contributed by atoms with Crippen molar-refractivity contribution in [2.75, 3.05) is 0 Å². The summed E-state index contributed by atoms with van der Waals surface area (Å²) in [5.41, 5.74) is 7.76. The Morgan fingerprint density at radius 2 is 1.95 bits per heavy atom. The average molecular weight is 280 g/mol. The van der Waals surface area contributed by atoms with Gasteiger partial charge in [0.1, 0.15) is 0 Å². The Labute approximate surface area is 118 Å². The summed E-state index contributed by atoms with van der Waals surface area (Å²) in [5, 5.41) is 4.07. The second-order valence-corrected chi connectivity index (χ2v) is 5.24. The van der Waals surface area contributed by atoms with E-state index < -0.39 is 0 Å². The summed E-state index contributed by atoms with van der Waals surface area (Å²) in [6.45, 7) is 2.74. The highest BCUT2D eigenvalue weighted by molar-refractivity contribution is 5.85. The molecule has 1 aromatic carbocycles. The van der Waals surface area contributed by atoms with Crippen molar-refractivity contribution in [2.24, 2.45) is 5.73 Å². The molecule has 1 saturated carbocycles. The Balaban J connectivity index is 0.00000133. The molecule has 0 spiro atoms. The lowest BCUT2D eigenvalue weighted by Crippen LogP contribution is -2.30. The molecular formula is C14H18ClN3O. The minimum absolute atomic E-state index is 0. The molecule has 0 amide bonds. The lowest BCUT2D eigenvalue weighted by atomic mass is 9.70. The second kappa shape index (κ2) is 5.31. The highest BCUT2D eigenvalue weighted by Crippen LogP contribution is 2.42. The zero-order valence-electron chi connectivity index (χ0n) is 10.9. The van der Waals surface area contributed by atoms with Crippen LogP contribution in [0.1, 0.15) is 37.6 Å². The second-order valence-electron chi connectivity index (χ2n) is 5.24. The van der Waals surface area contributed by atoms with Gasteiger partial charge in [-0.15, -0.1) is 12.4 Å². The van der Waals surface area contributed by atoms with Gasteiger partial charge in [-0.1, -0.05) is 42.8 Å². The molecule has 0 saturated heterocycles. The lowest BCUT2D eigenvalue weighted by molar-refractivity contribution is 0.195. The molecule has 4 nitrogen and oxygen atoms in total. The van der Waals surface area contributed by atoms with Crippen molar-refractivity contribution < 1.29 is 4.52 Å². The monoisotopic (exact) mass is 279 g/mol. The first-order valence-electron chi connectivity index (χ1n) is 6.35. The summed E-state index contributed by atoms with van der Waals surface area (Å²) in [5.74, 6) is 1.44. The van der Waals surface area contributed by atoms with Gasteiger partial charge in [0.2, 0.25) is 11.7 Å². The fourth-order valence-electron chi connectivity index (χ4n) is 2.30. The molecule has 0 atom stereocenters. The van der Waals surface area contributed by atoms with Crippen molar-refractivity contribution >= 4 is 12.4 Å². The van der Waals surface area contributed by atoms with Crippen molar-refractivity contribution in [2.45, 2.75) is 38.1 Å². The zero-order valence-corrected chi connectivity index (χ0v) is 11.7. The highest BCUT2D eigenvalue weighted by Gasteiger charge is 2.39. The molecule has 1 aliphatic carbocycles. The van der Waals surface area contributed by atoms with Crippen molar-refractivity contribution in [3.05, 3.63) is 35.7 Å². The molecular weight excluding hydrogens is 262 g/mol. The van der Waals surface area contributed by atoms with Crippen LogP contribution in [0.2, 0.25) is 0 Å². The summed E-state index contributed by atoms with van der Waals surface area (Å²) in [6, 6.07) is 7.97. The molecule has 5 heteroatoms. The molecule has 2 N–H and O–H groups in total. The molecule has 1 aliphatic rings. The average Bonchev–Trinajstić information content (AvgIpc) is 2.86. The van der Waals surface area contributed by atoms with E-state index in [2.05, 4.69) is 17.1 Å². The standard InChI is InChI=1S/C14H17N3O.ClH/c1-14(7-2-8-14)13-16-12(17-18-13)11-5-3-10(9-15)4-6-11;/h3-6H,2,7-9,15H2,1H3;1H. The summed E-state index contributed by atoms with van der Waals surface area (Å²) >= 11 is 0. The van der Waals surface area contributed by atoms with E-state index in [0.717, 1.165) is 29.9 Å². The van der Waals surface area contributed by atoms with Crippen LogP contribution in [0, 0.1) is 0 Å². The molecule has 1 fully saturated rings. The van der Waals surface area contributed by atoms with Crippen molar-refractivity contribution in [1.29, 1.82) is 0 Å². The van der Waals surface area contributed by atoms with E-state index in [-0.39, 0.29) is 17.8 Å². The molecule has 0 bridgehead atoms. The molecule has 19 heavy (non-hydrogen) atoms. The van der Waals surface area contributed by atoms with Gasteiger partial charge in [-0.3, -0.25) is 0 Å². The van der Waals surface area contributed by atoms with Gasteiger partial charge in [0.25, 0.3) is 0 Å². The third kappa shape index (κ3) is 2.51. The van der Waals surface area contributed by atoms with E-state index in [1.807, 2.05) is 24.3 Å². The molecule has 2 aromatic rings. The number of aromatic nitrogens is 2. The van der Waals surface area contributed by atoms with Gasteiger partial charge in [0.15, 0.2) is 0 Å². The van der Waals surface area contributed by atoms with Crippen LogP contribution < -0.4 is 5.73 Å².